The quantitative estimate of drug-likeness (QED) is 0.874. The molecule has 5 nitrogen and oxygen atoms in total. The number of nitrogens with zero attached hydrogens (tertiary/aromatic N) is 3. The summed E-state index contributed by atoms with van der Waals surface area (Å²) in [4.78, 5) is 10.9. The van der Waals surface area contributed by atoms with Gasteiger partial charge in [0, 0.05) is 18.3 Å². The second-order valence-electron chi connectivity index (χ2n) is 4.45. The van der Waals surface area contributed by atoms with Crippen LogP contribution >= 0.6 is 0 Å². The maximum absolute atomic E-state index is 5.63. The molecule has 5 heteroatoms. The van der Waals surface area contributed by atoms with Crippen LogP contribution in [0.4, 0.5) is 11.5 Å². The number of benzene rings is 1. The molecule has 0 radical (unpaired) electrons. The molecule has 2 aromatic rings. The van der Waals surface area contributed by atoms with Crippen LogP contribution in [0.25, 0.3) is 0 Å². The van der Waals surface area contributed by atoms with Crippen LogP contribution in [0, 0.1) is 6.92 Å². The van der Waals surface area contributed by atoms with Crippen LogP contribution in [-0.2, 0) is 0 Å². The van der Waals surface area contributed by atoms with Gasteiger partial charge < -0.3 is 15.4 Å². The first-order chi connectivity index (χ1) is 9.74. The number of hydrogen-bond acceptors (Lipinski definition) is 5. The SMILES string of the molecule is COc1cc(N(CCCN)c2ccccc2)nc(C)n1. The topological polar surface area (TPSA) is 64.3 Å². The molecule has 0 unspecified atom stereocenters. The average molecular weight is 272 g/mol. The van der Waals surface area contributed by atoms with Gasteiger partial charge in [0.15, 0.2) is 0 Å². The third-order valence-corrected chi connectivity index (χ3v) is 2.94. The number of aromatic nitrogens is 2. The zero-order valence-electron chi connectivity index (χ0n) is 11.9. The molecule has 0 aliphatic heterocycles. The molecule has 0 aliphatic carbocycles. The molecule has 0 spiro atoms. The lowest BCUT2D eigenvalue weighted by atomic mass is 10.2. The number of aryl methyl sites for hydroxylation is 1. The second kappa shape index (κ2) is 6.86. The summed E-state index contributed by atoms with van der Waals surface area (Å²) >= 11 is 0. The van der Waals surface area contributed by atoms with E-state index in [2.05, 4.69) is 27.0 Å². The van der Waals surface area contributed by atoms with E-state index in [1.165, 1.54) is 0 Å². The third kappa shape index (κ3) is 3.45. The molecule has 0 fully saturated rings. The molecule has 2 rings (SSSR count). The number of para-hydroxylation sites is 1. The number of hydrogen-bond donors (Lipinski definition) is 1. The van der Waals surface area contributed by atoms with Crippen LogP contribution in [0.2, 0.25) is 0 Å². The number of nitrogens with two attached hydrogens (primary N) is 1. The van der Waals surface area contributed by atoms with Crippen LogP contribution in [-0.4, -0.2) is 30.2 Å². The van der Waals surface area contributed by atoms with Crippen LogP contribution in [0.15, 0.2) is 36.4 Å². The Morgan fingerprint density at radius 3 is 2.60 bits per heavy atom. The zero-order valence-corrected chi connectivity index (χ0v) is 11.9. The average Bonchev–Trinajstić information content (AvgIpc) is 2.48. The zero-order chi connectivity index (χ0) is 14.4. The van der Waals surface area contributed by atoms with Gasteiger partial charge in [-0.25, -0.2) is 4.98 Å². The molecule has 1 heterocycles. The van der Waals surface area contributed by atoms with Crippen molar-refractivity contribution in [2.75, 3.05) is 25.1 Å². The number of rotatable bonds is 6. The lowest BCUT2D eigenvalue weighted by Crippen LogP contribution is -2.22. The van der Waals surface area contributed by atoms with E-state index in [0.717, 1.165) is 24.5 Å². The minimum absolute atomic E-state index is 0.571. The summed E-state index contributed by atoms with van der Waals surface area (Å²) in [6.07, 6.45) is 0.889. The van der Waals surface area contributed by atoms with Gasteiger partial charge in [-0.3, -0.25) is 0 Å². The van der Waals surface area contributed by atoms with E-state index in [9.17, 15) is 0 Å². The molecule has 20 heavy (non-hydrogen) atoms. The van der Waals surface area contributed by atoms with E-state index < -0.39 is 0 Å². The van der Waals surface area contributed by atoms with Gasteiger partial charge in [-0.1, -0.05) is 18.2 Å². The van der Waals surface area contributed by atoms with Crippen molar-refractivity contribution in [2.45, 2.75) is 13.3 Å². The predicted molar refractivity (Wildman–Crippen MR) is 80.4 cm³/mol. The summed E-state index contributed by atoms with van der Waals surface area (Å²) in [7, 11) is 1.61. The fourth-order valence-corrected chi connectivity index (χ4v) is 2.00. The number of ether oxygens (including phenoxy) is 1. The summed E-state index contributed by atoms with van der Waals surface area (Å²) < 4.78 is 5.22. The highest BCUT2D eigenvalue weighted by atomic mass is 16.5. The molecule has 0 atom stereocenters. The molecule has 0 bridgehead atoms. The molecule has 1 aromatic heterocycles. The molecule has 0 saturated carbocycles. The number of methoxy groups -OCH3 is 1. The number of anilines is 2. The van der Waals surface area contributed by atoms with Crippen molar-refractivity contribution in [3.05, 3.63) is 42.2 Å². The standard InChI is InChI=1S/C15H20N4O/c1-12-17-14(11-15(18-12)20-2)19(10-6-9-16)13-7-4-3-5-8-13/h3-5,7-8,11H,6,9-10,16H2,1-2H3. The predicted octanol–water partition coefficient (Wildman–Crippen LogP) is 2.28. The first kappa shape index (κ1) is 14.3. The molecule has 106 valence electrons. The Labute approximate surface area is 119 Å². The van der Waals surface area contributed by atoms with Crippen LogP contribution in [0.3, 0.4) is 0 Å². The van der Waals surface area contributed by atoms with Crippen LogP contribution in [0.5, 0.6) is 5.88 Å². The van der Waals surface area contributed by atoms with E-state index in [1.807, 2.05) is 31.2 Å². The fourth-order valence-electron chi connectivity index (χ4n) is 2.00. The minimum atomic E-state index is 0.571. The highest BCUT2D eigenvalue weighted by Crippen LogP contribution is 2.25. The van der Waals surface area contributed by atoms with Crippen molar-refractivity contribution < 1.29 is 4.74 Å². The van der Waals surface area contributed by atoms with Gasteiger partial charge in [0.25, 0.3) is 0 Å². The normalized spacial score (nSPS) is 10.3. The Hall–Kier alpha value is -2.14. The largest absolute Gasteiger partial charge is 0.481 e. The van der Waals surface area contributed by atoms with Crippen molar-refractivity contribution in [1.29, 1.82) is 0 Å². The van der Waals surface area contributed by atoms with Gasteiger partial charge in [0.05, 0.1) is 7.11 Å². The summed E-state index contributed by atoms with van der Waals surface area (Å²) in [5.74, 6) is 2.09. The third-order valence-electron chi connectivity index (χ3n) is 2.94. The van der Waals surface area contributed by atoms with E-state index in [1.54, 1.807) is 7.11 Å². The lowest BCUT2D eigenvalue weighted by Gasteiger charge is -2.24. The molecular formula is C15H20N4O. The highest BCUT2D eigenvalue weighted by molar-refractivity contribution is 5.60. The monoisotopic (exact) mass is 272 g/mol. The minimum Gasteiger partial charge on any atom is -0.481 e. The second-order valence-corrected chi connectivity index (χ2v) is 4.45. The first-order valence-electron chi connectivity index (χ1n) is 6.67. The Morgan fingerprint density at radius 1 is 1.20 bits per heavy atom. The maximum atomic E-state index is 5.63. The van der Waals surface area contributed by atoms with E-state index >= 15 is 0 Å². The van der Waals surface area contributed by atoms with Crippen molar-refractivity contribution in [3.8, 4) is 5.88 Å². The van der Waals surface area contributed by atoms with Gasteiger partial charge in [0.2, 0.25) is 5.88 Å². The molecule has 0 saturated heterocycles. The summed E-state index contributed by atoms with van der Waals surface area (Å²) in [6, 6.07) is 12.0. The van der Waals surface area contributed by atoms with Gasteiger partial charge in [-0.15, -0.1) is 0 Å². The fraction of sp³-hybridized carbons (Fsp3) is 0.333. The molecular weight excluding hydrogens is 252 g/mol. The van der Waals surface area contributed by atoms with Gasteiger partial charge >= 0.3 is 0 Å². The van der Waals surface area contributed by atoms with Crippen LogP contribution in [0.1, 0.15) is 12.2 Å². The van der Waals surface area contributed by atoms with Crippen molar-refractivity contribution in [3.63, 3.8) is 0 Å². The van der Waals surface area contributed by atoms with E-state index in [-0.39, 0.29) is 0 Å². The highest BCUT2D eigenvalue weighted by Gasteiger charge is 2.12. The summed E-state index contributed by atoms with van der Waals surface area (Å²) in [5.41, 5.74) is 6.72. The smallest absolute Gasteiger partial charge is 0.218 e. The van der Waals surface area contributed by atoms with Gasteiger partial charge in [-0.05, 0) is 32.0 Å². The molecule has 0 amide bonds. The Bertz CT molecular complexity index is 545. The van der Waals surface area contributed by atoms with Crippen LogP contribution < -0.4 is 15.4 Å². The summed E-state index contributed by atoms with van der Waals surface area (Å²) in [6.45, 7) is 3.31. The molecule has 1 aromatic carbocycles. The van der Waals surface area contributed by atoms with Gasteiger partial charge in [-0.2, -0.15) is 4.98 Å². The van der Waals surface area contributed by atoms with Crippen molar-refractivity contribution in [1.82, 2.24) is 9.97 Å². The van der Waals surface area contributed by atoms with E-state index in [4.69, 9.17) is 10.5 Å². The summed E-state index contributed by atoms with van der Waals surface area (Å²) in [5, 5.41) is 0. The maximum Gasteiger partial charge on any atom is 0.218 e. The van der Waals surface area contributed by atoms with Crippen molar-refractivity contribution >= 4 is 11.5 Å². The van der Waals surface area contributed by atoms with E-state index in [0.29, 0.717) is 18.2 Å². The van der Waals surface area contributed by atoms with Gasteiger partial charge in [0.1, 0.15) is 11.6 Å². The lowest BCUT2D eigenvalue weighted by molar-refractivity contribution is 0.395. The Balaban J connectivity index is 2.38. The van der Waals surface area contributed by atoms with Crippen molar-refractivity contribution in [2.24, 2.45) is 5.73 Å². The molecule has 0 aliphatic rings. The first-order valence-corrected chi connectivity index (χ1v) is 6.67. The Kier molecular flexibility index (Phi) is 4.90. The molecule has 2 N–H and O–H groups in total. The Morgan fingerprint density at radius 2 is 1.95 bits per heavy atom.